The Hall–Kier alpha value is -0.800. The van der Waals surface area contributed by atoms with Crippen LogP contribution < -0.4 is 5.32 Å². The molecule has 1 rings (SSSR count). The molecular formula is C16H29NO2. The van der Waals surface area contributed by atoms with E-state index >= 15 is 0 Å². The average molecular weight is 267 g/mol. The molecule has 0 aromatic carbocycles. The second kappa shape index (κ2) is 6.10. The van der Waals surface area contributed by atoms with Crippen LogP contribution >= 0.6 is 0 Å². The molecule has 0 atom stereocenters. The van der Waals surface area contributed by atoms with Gasteiger partial charge in [-0.15, -0.1) is 0 Å². The Morgan fingerprint density at radius 1 is 1.21 bits per heavy atom. The fourth-order valence-electron chi connectivity index (χ4n) is 1.56. The van der Waals surface area contributed by atoms with Crippen LogP contribution in [-0.2, 0) is 17.9 Å². The molecule has 0 saturated carbocycles. The molecule has 0 spiro atoms. The zero-order valence-electron chi connectivity index (χ0n) is 13.5. The summed E-state index contributed by atoms with van der Waals surface area (Å²) in [6, 6.07) is 2.10. The highest BCUT2D eigenvalue weighted by atomic mass is 16.5. The fourth-order valence-corrected chi connectivity index (χ4v) is 1.56. The van der Waals surface area contributed by atoms with E-state index in [0.717, 1.165) is 24.5 Å². The number of hydrogen-bond donors (Lipinski definition) is 1. The predicted octanol–water partition coefficient (Wildman–Crippen LogP) is 4.18. The molecule has 1 heterocycles. The minimum atomic E-state index is -0.0927. The zero-order chi connectivity index (χ0) is 14.7. The third-order valence-corrected chi connectivity index (χ3v) is 3.34. The number of furan rings is 1. The summed E-state index contributed by atoms with van der Waals surface area (Å²) in [6.45, 7) is 16.2. The predicted molar refractivity (Wildman–Crippen MR) is 79.2 cm³/mol. The van der Waals surface area contributed by atoms with Crippen LogP contribution in [-0.4, -0.2) is 11.1 Å². The highest BCUT2D eigenvalue weighted by Gasteiger charge is 2.17. The Morgan fingerprint density at radius 3 is 2.37 bits per heavy atom. The van der Waals surface area contributed by atoms with Crippen LogP contribution in [0.25, 0.3) is 0 Å². The lowest BCUT2D eigenvalue weighted by Gasteiger charge is -2.22. The number of aryl methyl sites for hydroxylation is 1. The van der Waals surface area contributed by atoms with E-state index in [4.69, 9.17) is 9.15 Å². The third kappa shape index (κ3) is 5.79. The van der Waals surface area contributed by atoms with Gasteiger partial charge >= 0.3 is 0 Å². The van der Waals surface area contributed by atoms with E-state index in [-0.39, 0.29) is 11.1 Å². The molecule has 0 fully saturated rings. The van der Waals surface area contributed by atoms with E-state index in [1.54, 1.807) is 0 Å². The van der Waals surface area contributed by atoms with Crippen LogP contribution in [0.1, 0.15) is 65.0 Å². The maximum absolute atomic E-state index is 5.86. The highest BCUT2D eigenvalue weighted by molar-refractivity contribution is 5.20. The Balaban J connectivity index is 2.59. The summed E-state index contributed by atoms with van der Waals surface area (Å²) < 4.78 is 11.6. The first kappa shape index (κ1) is 16.3. The molecule has 1 aromatic rings. The third-order valence-electron chi connectivity index (χ3n) is 3.34. The number of hydrogen-bond acceptors (Lipinski definition) is 3. The highest BCUT2D eigenvalue weighted by Crippen LogP contribution is 2.20. The van der Waals surface area contributed by atoms with Gasteiger partial charge in [0.2, 0.25) is 0 Å². The lowest BCUT2D eigenvalue weighted by molar-refractivity contribution is -0.0385. The number of nitrogens with one attached hydrogen (secondary N) is 1. The Labute approximate surface area is 117 Å². The van der Waals surface area contributed by atoms with Crippen molar-refractivity contribution in [2.24, 2.45) is 0 Å². The van der Waals surface area contributed by atoms with Gasteiger partial charge in [0.05, 0.1) is 5.60 Å². The number of rotatable bonds is 6. The summed E-state index contributed by atoms with van der Waals surface area (Å²) in [5.74, 6) is 1.88. The topological polar surface area (TPSA) is 34.4 Å². The molecule has 0 amide bonds. The van der Waals surface area contributed by atoms with Crippen molar-refractivity contribution < 1.29 is 9.15 Å². The zero-order valence-corrected chi connectivity index (χ0v) is 13.5. The van der Waals surface area contributed by atoms with Crippen LogP contribution in [0.4, 0.5) is 0 Å². The van der Waals surface area contributed by atoms with Crippen LogP contribution in [0.15, 0.2) is 10.5 Å². The summed E-state index contributed by atoms with van der Waals surface area (Å²) in [6.07, 6.45) is 0.991. The minimum Gasteiger partial charge on any atom is -0.464 e. The molecule has 3 nitrogen and oxygen atoms in total. The summed E-state index contributed by atoms with van der Waals surface area (Å²) in [5, 5.41) is 3.48. The monoisotopic (exact) mass is 267 g/mol. The van der Waals surface area contributed by atoms with Gasteiger partial charge in [-0.05, 0) is 54.0 Å². The number of ether oxygens (including phenoxy) is 1. The van der Waals surface area contributed by atoms with Gasteiger partial charge in [0.25, 0.3) is 0 Å². The van der Waals surface area contributed by atoms with Crippen molar-refractivity contribution in [2.75, 3.05) is 0 Å². The van der Waals surface area contributed by atoms with E-state index in [1.165, 1.54) is 5.56 Å². The van der Waals surface area contributed by atoms with Gasteiger partial charge in [-0.25, -0.2) is 0 Å². The normalized spacial score (nSPS) is 13.0. The van der Waals surface area contributed by atoms with E-state index in [2.05, 4.69) is 52.9 Å². The van der Waals surface area contributed by atoms with Crippen molar-refractivity contribution in [3.63, 3.8) is 0 Å². The van der Waals surface area contributed by atoms with Crippen molar-refractivity contribution in [1.82, 2.24) is 5.32 Å². The van der Waals surface area contributed by atoms with Crippen molar-refractivity contribution in [3.8, 4) is 0 Å². The molecule has 0 aliphatic heterocycles. The smallest absolute Gasteiger partial charge is 0.130 e. The lowest BCUT2D eigenvalue weighted by Crippen LogP contribution is -2.35. The van der Waals surface area contributed by atoms with E-state index in [9.17, 15) is 0 Å². The molecule has 0 radical (unpaired) electrons. The minimum absolute atomic E-state index is 0.0927. The Morgan fingerprint density at radius 2 is 1.84 bits per heavy atom. The van der Waals surface area contributed by atoms with E-state index in [0.29, 0.717) is 6.61 Å². The maximum Gasteiger partial charge on any atom is 0.130 e. The lowest BCUT2D eigenvalue weighted by atomic mass is 10.1. The quantitative estimate of drug-likeness (QED) is 0.839. The van der Waals surface area contributed by atoms with Crippen LogP contribution in [0.3, 0.4) is 0 Å². The van der Waals surface area contributed by atoms with Gasteiger partial charge in [-0.2, -0.15) is 0 Å². The van der Waals surface area contributed by atoms with Crippen molar-refractivity contribution in [2.45, 2.75) is 79.2 Å². The van der Waals surface area contributed by atoms with Gasteiger partial charge in [-0.3, -0.25) is 0 Å². The average Bonchev–Trinajstić information content (AvgIpc) is 2.64. The molecule has 1 N–H and O–H groups in total. The molecule has 0 aliphatic rings. The van der Waals surface area contributed by atoms with Crippen molar-refractivity contribution in [3.05, 3.63) is 23.2 Å². The van der Waals surface area contributed by atoms with Crippen molar-refractivity contribution in [1.29, 1.82) is 0 Å². The van der Waals surface area contributed by atoms with Gasteiger partial charge in [0.1, 0.15) is 18.1 Å². The summed E-state index contributed by atoms with van der Waals surface area (Å²) in [7, 11) is 0. The van der Waals surface area contributed by atoms with E-state index < -0.39 is 0 Å². The van der Waals surface area contributed by atoms with Gasteiger partial charge in [0, 0.05) is 17.6 Å². The molecular weight excluding hydrogens is 238 g/mol. The largest absolute Gasteiger partial charge is 0.464 e. The molecule has 3 heteroatoms. The Bertz CT molecular complexity index is 399. The SMILES string of the molecule is CCC(C)(C)OCc1cc(CNC(C)(C)C)c(C)o1. The molecule has 0 aliphatic carbocycles. The van der Waals surface area contributed by atoms with Crippen LogP contribution in [0.2, 0.25) is 0 Å². The molecule has 0 unspecified atom stereocenters. The summed E-state index contributed by atoms with van der Waals surface area (Å²) in [5.41, 5.74) is 1.23. The van der Waals surface area contributed by atoms with Crippen LogP contribution in [0, 0.1) is 6.92 Å². The first-order valence-corrected chi connectivity index (χ1v) is 7.10. The molecule has 19 heavy (non-hydrogen) atoms. The Kier molecular flexibility index (Phi) is 5.22. The van der Waals surface area contributed by atoms with Crippen molar-refractivity contribution >= 4 is 0 Å². The molecule has 0 bridgehead atoms. The molecule has 110 valence electrons. The van der Waals surface area contributed by atoms with Gasteiger partial charge in [-0.1, -0.05) is 6.92 Å². The van der Waals surface area contributed by atoms with Gasteiger partial charge < -0.3 is 14.5 Å². The van der Waals surface area contributed by atoms with E-state index in [1.807, 2.05) is 6.92 Å². The second-order valence-electron chi connectivity index (χ2n) is 6.80. The standard InChI is InChI=1S/C16H29NO2/c1-8-16(6,7)18-11-14-9-13(12(2)19-14)10-17-15(3,4)5/h9,17H,8,10-11H2,1-7H3. The molecule has 0 saturated heterocycles. The second-order valence-corrected chi connectivity index (χ2v) is 6.80. The fraction of sp³-hybridized carbons (Fsp3) is 0.750. The van der Waals surface area contributed by atoms with Crippen LogP contribution in [0.5, 0.6) is 0 Å². The first-order valence-electron chi connectivity index (χ1n) is 7.10. The molecule has 1 aromatic heterocycles. The van der Waals surface area contributed by atoms with Gasteiger partial charge in [0.15, 0.2) is 0 Å². The first-order chi connectivity index (χ1) is 8.63. The summed E-state index contributed by atoms with van der Waals surface area (Å²) in [4.78, 5) is 0. The summed E-state index contributed by atoms with van der Waals surface area (Å²) >= 11 is 0. The maximum atomic E-state index is 5.86.